The minimum absolute atomic E-state index is 0.840. The Kier molecular flexibility index (Phi) is 2.10. The lowest BCUT2D eigenvalue weighted by atomic mass is 10.2. The molecule has 2 N–H and O–H groups in total. The van der Waals surface area contributed by atoms with Crippen molar-refractivity contribution < 1.29 is 0 Å². The van der Waals surface area contributed by atoms with Crippen LogP contribution < -0.4 is 10.6 Å². The van der Waals surface area contributed by atoms with Crippen LogP contribution in [0.3, 0.4) is 0 Å². The first-order chi connectivity index (χ1) is 6.25. The zero-order valence-electron chi connectivity index (χ0n) is 7.90. The molecule has 1 aliphatic rings. The predicted molar refractivity (Wildman–Crippen MR) is 55.7 cm³/mol. The molecule has 0 aliphatic carbocycles. The number of benzene rings is 1. The van der Waals surface area contributed by atoms with Gasteiger partial charge in [-0.1, -0.05) is 6.07 Å². The van der Waals surface area contributed by atoms with E-state index in [2.05, 4.69) is 22.9 Å². The normalized spacial score (nSPS) is 18.1. The van der Waals surface area contributed by atoms with Crippen molar-refractivity contribution in [3.63, 3.8) is 0 Å². The third-order valence-electron chi connectivity index (χ3n) is 2.40. The number of anilines is 2. The van der Waals surface area contributed by atoms with E-state index < -0.39 is 0 Å². The van der Waals surface area contributed by atoms with Crippen LogP contribution in [0.2, 0.25) is 0 Å². The van der Waals surface area contributed by atoms with Gasteiger partial charge in [0.25, 0.3) is 0 Å². The van der Waals surface area contributed by atoms with Crippen molar-refractivity contribution in [1.29, 1.82) is 0 Å². The van der Waals surface area contributed by atoms with E-state index in [9.17, 15) is 0 Å². The van der Waals surface area contributed by atoms with Crippen LogP contribution in [0.25, 0.3) is 0 Å². The van der Waals surface area contributed by atoms with Gasteiger partial charge in [0.1, 0.15) is 0 Å². The molecule has 1 saturated heterocycles. The first-order valence-electron chi connectivity index (χ1n) is 4.55. The molecule has 3 nitrogen and oxygen atoms in total. The molecule has 1 aromatic rings. The summed E-state index contributed by atoms with van der Waals surface area (Å²) in [5.74, 6) is 0. The molecular weight excluding hydrogens is 162 g/mol. The maximum Gasteiger partial charge on any atom is 0.0705 e. The summed E-state index contributed by atoms with van der Waals surface area (Å²) in [5, 5.41) is 0. The van der Waals surface area contributed by atoms with Gasteiger partial charge in [-0.15, -0.1) is 0 Å². The summed E-state index contributed by atoms with van der Waals surface area (Å²) in [6, 6.07) is 8.06. The minimum atomic E-state index is 0.840. The van der Waals surface area contributed by atoms with E-state index in [1.807, 2.05) is 18.2 Å². The van der Waals surface area contributed by atoms with Crippen LogP contribution in [-0.4, -0.2) is 31.7 Å². The van der Waals surface area contributed by atoms with Gasteiger partial charge in [-0.25, -0.2) is 0 Å². The summed E-state index contributed by atoms with van der Waals surface area (Å²) < 4.78 is 0. The smallest absolute Gasteiger partial charge is 0.0705 e. The Morgan fingerprint density at radius 3 is 2.77 bits per heavy atom. The number of nitrogens with zero attached hydrogens (tertiary/aromatic N) is 2. The fraction of sp³-hybridized carbons (Fsp3) is 0.400. The molecule has 1 aliphatic heterocycles. The van der Waals surface area contributed by atoms with E-state index in [-0.39, 0.29) is 0 Å². The largest absolute Gasteiger partial charge is 0.399 e. The second-order valence-corrected chi connectivity index (χ2v) is 3.58. The van der Waals surface area contributed by atoms with Gasteiger partial charge in [0.2, 0.25) is 0 Å². The molecule has 0 aromatic heterocycles. The fourth-order valence-corrected chi connectivity index (χ4v) is 1.66. The zero-order valence-corrected chi connectivity index (χ0v) is 7.90. The van der Waals surface area contributed by atoms with Crippen molar-refractivity contribution >= 4 is 11.4 Å². The van der Waals surface area contributed by atoms with E-state index in [1.54, 1.807) is 0 Å². The average Bonchev–Trinajstić information content (AvgIpc) is 2.52. The molecule has 3 heteroatoms. The van der Waals surface area contributed by atoms with E-state index in [4.69, 9.17) is 5.73 Å². The predicted octanol–water partition coefficient (Wildman–Crippen LogP) is 0.978. The molecule has 1 aromatic carbocycles. The highest BCUT2D eigenvalue weighted by atomic mass is 15.4. The van der Waals surface area contributed by atoms with Crippen LogP contribution in [0, 0.1) is 0 Å². The molecular formula is C10H15N3. The van der Waals surface area contributed by atoms with Gasteiger partial charge < -0.3 is 10.6 Å². The van der Waals surface area contributed by atoms with Gasteiger partial charge in [0, 0.05) is 24.5 Å². The summed E-state index contributed by atoms with van der Waals surface area (Å²) in [4.78, 5) is 4.62. The molecule has 0 bridgehead atoms. The summed E-state index contributed by atoms with van der Waals surface area (Å²) in [5.41, 5.74) is 7.79. The second kappa shape index (κ2) is 3.26. The number of hydrogen-bond donors (Lipinski definition) is 1. The van der Waals surface area contributed by atoms with Crippen molar-refractivity contribution in [1.82, 2.24) is 4.90 Å². The third-order valence-corrected chi connectivity index (χ3v) is 2.40. The summed E-state index contributed by atoms with van der Waals surface area (Å²) >= 11 is 0. The van der Waals surface area contributed by atoms with Crippen LogP contribution >= 0.6 is 0 Å². The Hall–Kier alpha value is -1.22. The molecule has 0 atom stereocenters. The Bertz CT molecular complexity index is 298. The molecule has 2 rings (SSSR count). The van der Waals surface area contributed by atoms with Gasteiger partial charge in [-0.3, -0.25) is 4.90 Å². The lowest BCUT2D eigenvalue weighted by Crippen LogP contribution is -2.22. The Morgan fingerprint density at radius 1 is 1.31 bits per heavy atom. The Morgan fingerprint density at radius 2 is 2.15 bits per heavy atom. The maximum atomic E-state index is 5.72. The van der Waals surface area contributed by atoms with Crippen LogP contribution in [0.4, 0.5) is 11.4 Å². The minimum Gasteiger partial charge on any atom is -0.399 e. The van der Waals surface area contributed by atoms with Crippen LogP contribution in [-0.2, 0) is 0 Å². The fourth-order valence-electron chi connectivity index (χ4n) is 1.66. The molecule has 1 heterocycles. The van der Waals surface area contributed by atoms with Crippen molar-refractivity contribution in [3.05, 3.63) is 24.3 Å². The summed E-state index contributed by atoms with van der Waals surface area (Å²) in [6.45, 7) is 3.23. The van der Waals surface area contributed by atoms with Crippen molar-refractivity contribution in [3.8, 4) is 0 Å². The Balaban J connectivity index is 2.16. The second-order valence-electron chi connectivity index (χ2n) is 3.58. The lowest BCUT2D eigenvalue weighted by molar-refractivity contribution is 0.421. The molecule has 13 heavy (non-hydrogen) atoms. The van der Waals surface area contributed by atoms with Crippen molar-refractivity contribution in [2.24, 2.45) is 0 Å². The number of rotatable bonds is 1. The van der Waals surface area contributed by atoms with E-state index in [0.717, 1.165) is 25.4 Å². The van der Waals surface area contributed by atoms with Gasteiger partial charge in [0.15, 0.2) is 0 Å². The number of hydrogen-bond acceptors (Lipinski definition) is 3. The SMILES string of the molecule is CN1CCN(c2cccc(N)c2)C1. The van der Waals surface area contributed by atoms with Crippen molar-refractivity contribution in [2.75, 3.05) is 37.4 Å². The highest BCUT2D eigenvalue weighted by molar-refractivity contribution is 5.56. The Labute approximate surface area is 78.7 Å². The van der Waals surface area contributed by atoms with Gasteiger partial charge >= 0.3 is 0 Å². The molecule has 0 saturated carbocycles. The highest BCUT2D eigenvalue weighted by Crippen LogP contribution is 2.19. The van der Waals surface area contributed by atoms with Crippen LogP contribution in [0.15, 0.2) is 24.3 Å². The highest BCUT2D eigenvalue weighted by Gasteiger charge is 2.16. The topological polar surface area (TPSA) is 32.5 Å². The quantitative estimate of drug-likeness (QED) is 0.649. The summed E-state index contributed by atoms with van der Waals surface area (Å²) in [6.07, 6.45) is 0. The van der Waals surface area contributed by atoms with Gasteiger partial charge in [-0.05, 0) is 25.2 Å². The molecule has 70 valence electrons. The monoisotopic (exact) mass is 177 g/mol. The summed E-state index contributed by atoms with van der Waals surface area (Å²) in [7, 11) is 2.13. The molecule has 0 spiro atoms. The van der Waals surface area contributed by atoms with Crippen LogP contribution in [0.1, 0.15) is 0 Å². The molecule has 0 unspecified atom stereocenters. The first kappa shape index (κ1) is 8.38. The molecule has 0 radical (unpaired) electrons. The van der Waals surface area contributed by atoms with Crippen LogP contribution in [0.5, 0.6) is 0 Å². The first-order valence-corrected chi connectivity index (χ1v) is 4.55. The van der Waals surface area contributed by atoms with E-state index >= 15 is 0 Å². The van der Waals surface area contributed by atoms with Crippen molar-refractivity contribution in [2.45, 2.75) is 0 Å². The number of nitrogens with two attached hydrogens (primary N) is 1. The third kappa shape index (κ3) is 1.75. The lowest BCUT2D eigenvalue weighted by Gasteiger charge is -2.18. The molecule has 1 fully saturated rings. The number of nitrogen functional groups attached to an aromatic ring is 1. The average molecular weight is 177 g/mol. The standard InChI is InChI=1S/C10H15N3/c1-12-5-6-13(8-12)10-4-2-3-9(11)7-10/h2-4,7H,5-6,8,11H2,1H3. The van der Waals surface area contributed by atoms with E-state index in [1.165, 1.54) is 5.69 Å². The zero-order chi connectivity index (χ0) is 9.26. The number of likely N-dealkylation sites (N-methyl/N-ethyl adjacent to an activating group) is 1. The van der Waals surface area contributed by atoms with E-state index in [0.29, 0.717) is 0 Å². The molecule has 0 amide bonds. The van der Waals surface area contributed by atoms with Gasteiger partial charge in [0.05, 0.1) is 6.67 Å². The maximum absolute atomic E-state index is 5.72. The van der Waals surface area contributed by atoms with Gasteiger partial charge in [-0.2, -0.15) is 0 Å².